The standard InChI is InChI=1S/C17H19N/c1-12-6-5-9-17(13(12)2)18-16-10-14-7-3-4-8-15(14)11-16/h3-9,16,18H,10-11H2,1-2H3. The van der Waals surface area contributed by atoms with Gasteiger partial charge in [0.2, 0.25) is 0 Å². The lowest BCUT2D eigenvalue weighted by atomic mass is 10.1. The van der Waals surface area contributed by atoms with E-state index in [1.807, 2.05) is 0 Å². The zero-order valence-electron chi connectivity index (χ0n) is 11.0. The van der Waals surface area contributed by atoms with E-state index in [-0.39, 0.29) is 0 Å². The van der Waals surface area contributed by atoms with Gasteiger partial charge in [0.15, 0.2) is 0 Å². The maximum Gasteiger partial charge on any atom is 0.0374 e. The fraction of sp³-hybridized carbons (Fsp3) is 0.294. The molecule has 1 N–H and O–H groups in total. The molecule has 1 heteroatoms. The summed E-state index contributed by atoms with van der Waals surface area (Å²) in [5.74, 6) is 0. The summed E-state index contributed by atoms with van der Waals surface area (Å²) in [6.45, 7) is 4.36. The van der Waals surface area contributed by atoms with E-state index in [0.29, 0.717) is 6.04 Å². The number of fused-ring (bicyclic) bond motifs is 1. The van der Waals surface area contributed by atoms with Crippen LogP contribution in [0.15, 0.2) is 42.5 Å². The molecular weight excluding hydrogens is 218 g/mol. The maximum absolute atomic E-state index is 3.70. The minimum absolute atomic E-state index is 0.544. The predicted octanol–water partition coefficient (Wildman–Crippen LogP) is 3.88. The molecule has 1 aliphatic rings. The van der Waals surface area contributed by atoms with Crippen molar-refractivity contribution in [1.82, 2.24) is 0 Å². The van der Waals surface area contributed by atoms with Crippen LogP contribution in [0.1, 0.15) is 22.3 Å². The summed E-state index contributed by atoms with van der Waals surface area (Å²) in [4.78, 5) is 0. The van der Waals surface area contributed by atoms with Gasteiger partial charge < -0.3 is 5.32 Å². The minimum Gasteiger partial charge on any atom is -0.381 e. The number of rotatable bonds is 2. The summed E-state index contributed by atoms with van der Waals surface area (Å²) in [6.07, 6.45) is 2.28. The fourth-order valence-corrected chi connectivity index (χ4v) is 2.79. The first-order chi connectivity index (χ1) is 8.74. The predicted molar refractivity (Wildman–Crippen MR) is 77.2 cm³/mol. The first-order valence-corrected chi connectivity index (χ1v) is 6.63. The van der Waals surface area contributed by atoms with Crippen LogP contribution in [-0.4, -0.2) is 6.04 Å². The molecular formula is C17H19N. The lowest BCUT2D eigenvalue weighted by Crippen LogP contribution is -2.20. The molecule has 0 saturated carbocycles. The van der Waals surface area contributed by atoms with Gasteiger partial charge in [-0.1, -0.05) is 36.4 Å². The Kier molecular flexibility index (Phi) is 2.83. The van der Waals surface area contributed by atoms with E-state index >= 15 is 0 Å². The zero-order valence-corrected chi connectivity index (χ0v) is 11.0. The quantitative estimate of drug-likeness (QED) is 0.835. The first kappa shape index (κ1) is 11.3. The molecule has 1 aliphatic carbocycles. The zero-order chi connectivity index (χ0) is 12.5. The molecule has 0 saturated heterocycles. The van der Waals surface area contributed by atoms with Gasteiger partial charge in [-0.25, -0.2) is 0 Å². The van der Waals surface area contributed by atoms with E-state index in [2.05, 4.69) is 61.6 Å². The van der Waals surface area contributed by atoms with Crippen molar-refractivity contribution in [3.05, 3.63) is 64.7 Å². The number of hydrogen-bond acceptors (Lipinski definition) is 1. The minimum atomic E-state index is 0.544. The van der Waals surface area contributed by atoms with Gasteiger partial charge in [-0.15, -0.1) is 0 Å². The first-order valence-electron chi connectivity index (χ1n) is 6.63. The van der Waals surface area contributed by atoms with Crippen LogP contribution in [0, 0.1) is 13.8 Å². The number of hydrogen-bond donors (Lipinski definition) is 1. The van der Waals surface area contributed by atoms with Crippen molar-refractivity contribution in [3.8, 4) is 0 Å². The van der Waals surface area contributed by atoms with Crippen LogP contribution < -0.4 is 5.32 Å². The van der Waals surface area contributed by atoms with Crippen LogP contribution in [-0.2, 0) is 12.8 Å². The highest BCUT2D eigenvalue weighted by molar-refractivity contribution is 5.55. The molecule has 0 unspecified atom stereocenters. The molecule has 0 aromatic heterocycles. The van der Waals surface area contributed by atoms with Gasteiger partial charge in [0.25, 0.3) is 0 Å². The number of aryl methyl sites for hydroxylation is 1. The Morgan fingerprint density at radius 2 is 1.56 bits per heavy atom. The highest BCUT2D eigenvalue weighted by Crippen LogP contribution is 2.26. The summed E-state index contributed by atoms with van der Waals surface area (Å²) < 4.78 is 0. The Labute approximate surface area is 109 Å². The lowest BCUT2D eigenvalue weighted by Gasteiger charge is -2.16. The van der Waals surface area contributed by atoms with Crippen molar-refractivity contribution in [3.63, 3.8) is 0 Å². The third-order valence-corrected chi connectivity index (χ3v) is 4.02. The van der Waals surface area contributed by atoms with Crippen molar-refractivity contribution in [2.75, 3.05) is 5.32 Å². The van der Waals surface area contributed by atoms with E-state index in [9.17, 15) is 0 Å². The van der Waals surface area contributed by atoms with Crippen LogP contribution in [0.5, 0.6) is 0 Å². The van der Waals surface area contributed by atoms with Crippen LogP contribution in [0.2, 0.25) is 0 Å². The molecule has 0 heterocycles. The van der Waals surface area contributed by atoms with E-state index < -0.39 is 0 Å². The molecule has 0 atom stereocenters. The lowest BCUT2D eigenvalue weighted by molar-refractivity contribution is 0.773. The SMILES string of the molecule is Cc1cccc(NC2Cc3ccccc3C2)c1C. The molecule has 0 amide bonds. The second-order valence-corrected chi connectivity index (χ2v) is 5.27. The van der Waals surface area contributed by atoms with Gasteiger partial charge in [-0.3, -0.25) is 0 Å². The summed E-state index contributed by atoms with van der Waals surface area (Å²) >= 11 is 0. The Morgan fingerprint density at radius 1 is 0.889 bits per heavy atom. The number of benzene rings is 2. The Bertz CT molecular complexity index is 547. The molecule has 3 rings (SSSR count). The van der Waals surface area contributed by atoms with E-state index in [0.717, 1.165) is 12.8 Å². The summed E-state index contributed by atoms with van der Waals surface area (Å²) in [5, 5.41) is 3.70. The topological polar surface area (TPSA) is 12.0 Å². The second kappa shape index (κ2) is 4.49. The molecule has 0 radical (unpaired) electrons. The summed E-state index contributed by atoms with van der Waals surface area (Å²) in [6, 6.07) is 15.8. The highest BCUT2D eigenvalue weighted by Gasteiger charge is 2.20. The average Bonchev–Trinajstić information content (AvgIpc) is 2.77. The van der Waals surface area contributed by atoms with Gasteiger partial charge in [-0.2, -0.15) is 0 Å². The van der Waals surface area contributed by atoms with Crippen LogP contribution in [0.4, 0.5) is 5.69 Å². The Hall–Kier alpha value is -1.76. The molecule has 0 bridgehead atoms. The molecule has 0 spiro atoms. The molecule has 92 valence electrons. The van der Waals surface area contributed by atoms with Gasteiger partial charge in [0, 0.05) is 11.7 Å². The van der Waals surface area contributed by atoms with E-state index in [4.69, 9.17) is 0 Å². The van der Waals surface area contributed by atoms with E-state index in [1.54, 1.807) is 0 Å². The Balaban J connectivity index is 1.78. The molecule has 0 fully saturated rings. The van der Waals surface area contributed by atoms with Crippen LogP contribution in [0.3, 0.4) is 0 Å². The average molecular weight is 237 g/mol. The summed E-state index contributed by atoms with van der Waals surface area (Å²) in [7, 11) is 0. The molecule has 1 nitrogen and oxygen atoms in total. The second-order valence-electron chi connectivity index (χ2n) is 5.27. The molecule has 2 aromatic carbocycles. The maximum atomic E-state index is 3.70. The fourth-order valence-electron chi connectivity index (χ4n) is 2.79. The van der Waals surface area contributed by atoms with Crippen molar-refractivity contribution in [2.24, 2.45) is 0 Å². The van der Waals surface area contributed by atoms with Crippen LogP contribution >= 0.6 is 0 Å². The monoisotopic (exact) mass is 237 g/mol. The summed E-state index contributed by atoms with van der Waals surface area (Å²) in [5.41, 5.74) is 7.01. The van der Waals surface area contributed by atoms with E-state index in [1.165, 1.54) is 27.9 Å². The number of anilines is 1. The van der Waals surface area contributed by atoms with Gasteiger partial charge in [-0.05, 0) is 55.0 Å². The number of nitrogens with one attached hydrogen (secondary N) is 1. The van der Waals surface area contributed by atoms with Crippen molar-refractivity contribution < 1.29 is 0 Å². The third-order valence-electron chi connectivity index (χ3n) is 4.02. The van der Waals surface area contributed by atoms with Crippen molar-refractivity contribution in [1.29, 1.82) is 0 Å². The van der Waals surface area contributed by atoms with Crippen molar-refractivity contribution >= 4 is 5.69 Å². The largest absolute Gasteiger partial charge is 0.381 e. The van der Waals surface area contributed by atoms with Gasteiger partial charge in [0.05, 0.1) is 0 Å². The smallest absolute Gasteiger partial charge is 0.0374 e. The normalized spacial score (nSPS) is 14.6. The Morgan fingerprint density at radius 3 is 2.22 bits per heavy atom. The molecule has 2 aromatic rings. The van der Waals surface area contributed by atoms with Gasteiger partial charge in [0.1, 0.15) is 0 Å². The van der Waals surface area contributed by atoms with Gasteiger partial charge >= 0.3 is 0 Å². The molecule has 18 heavy (non-hydrogen) atoms. The van der Waals surface area contributed by atoms with Crippen LogP contribution in [0.25, 0.3) is 0 Å². The third kappa shape index (κ3) is 2.01. The highest BCUT2D eigenvalue weighted by atomic mass is 14.9. The van der Waals surface area contributed by atoms with Crippen molar-refractivity contribution in [2.45, 2.75) is 32.7 Å². The molecule has 0 aliphatic heterocycles.